The number of benzene rings is 1. The molecule has 158 valence electrons. The zero-order valence-electron chi connectivity index (χ0n) is 21.4. The van der Waals surface area contributed by atoms with Crippen molar-refractivity contribution >= 4 is 16.6 Å². The smallest absolute Gasteiger partial charge is 0.242 e. The minimum Gasteiger partial charge on any atom is -0.542 e. The lowest BCUT2D eigenvalue weighted by atomic mass is 9.53. The summed E-state index contributed by atoms with van der Waals surface area (Å²) in [6.45, 7) is 11.6. The second kappa shape index (κ2) is 6.22. The van der Waals surface area contributed by atoms with E-state index in [1.807, 2.05) is 6.07 Å². The number of piperidine rings is 1. The van der Waals surface area contributed by atoms with Crippen LogP contribution in [0.1, 0.15) is 21.7 Å². The van der Waals surface area contributed by atoms with Crippen LogP contribution in [0.2, 0.25) is 39.3 Å². The number of hydrogen-bond acceptors (Lipinski definition) is 4. The average molecular weight is 433 g/mol. The zero-order chi connectivity index (χ0) is 23.3. The van der Waals surface area contributed by atoms with Crippen LogP contribution in [-0.2, 0) is 16.3 Å². The van der Waals surface area contributed by atoms with E-state index in [1.54, 1.807) is 4.90 Å². The fraction of sp³-hybridized carbons (Fsp3) is 0.652. The molecule has 1 saturated heterocycles. The Balaban J connectivity index is 1.68. The fourth-order valence-corrected chi connectivity index (χ4v) is 7.79. The predicted octanol–water partition coefficient (Wildman–Crippen LogP) is 4.57. The van der Waals surface area contributed by atoms with Gasteiger partial charge >= 0.3 is 0 Å². The van der Waals surface area contributed by atoms with Crippen molar-refractivity contribution < 1.29 is 17.7 Å². The topological polar surface area (TPSA) is 30.9 Å². The van der Waals surface area contributed by atoms with Crippen molar-refractivity contribution in [3.05, 3.63) is 35.4 Å². The molecule has 4 aliphatic rings. The van der Waals surface area contributed by atoms with E-state index in [0.29, 0.717) is 6.54 Å². The van der Waals surface area contributed by atoms with Crippen LogP contribution in [-0.4, -0.2) is 53.3 Å². The maximum Gasteiger partial charge on any atom is 0.242 e. The van der Waals surface area contributed by atoms with Crippen LogP contribution in [0.25, 0.3) is 0 Å². The molecule has 1 spiro atoms. The monoisotopic (exact) mass is 432 g/mol. The molecule has 0 N–H and O–H groups in total. The molecule has 5 rings (SSSR count). The fourth-order valence-electron chi connectivity index (χ4n) is 5.95. The minimum atomic E-state index is -2.10. The molecular formula is C23H35NO3Si2. The lowest BCUT2D eigenvalue weighted by Crippen LogP contribution is -2.65. The Morgan fingerprint density at radius 3 is 2.62 bits per heavy atom. The molecule has 0 amide bonds. The molecule has 2 heterocycles. The van der Waals surface area contributed by atoms with Crippen LogP contribution in [0.4, 0.5) is 0 Å². The summed E-state index contributed by atoms with van der Waals surface area (Å²) in [6.07, 6.45) is 5.60. The largest absolute Gasteiger partial charge is 0.542 e. The molecule has 29 heavy (non-hydrogen) atoms. The molecule has 4 nitrogen and oxygen atoms in total. The van der Waals surface area contributed by atoms with Crippen LogP contribution in [0.15, 0.2) is 24.3 Å². The van der Waals surface area contributed by atoms with Crippen molar-refractivity contribution in [1.29, 1.82) is 0 Å². The van der Waals surface area contributed by atoms with E-state index in [-0.39, 0.29) is 29.6 Å². The first-order chi connectivity index (χ1) is 14.7. The van der Waals surface area contributed by atoms with Gasteiger partial charge in [0, 0.05) is 27.1 Å². The van der Waals surface area contributed by atoms with E-state index >= 15 is 0 Å². The summed E-state index contributed by atoms with van der Waals surface area (Å²) in [5, 5.41) is 0. The van der Waals surface area contributed by atoms with Crippen LogP contribution in [0.5, 0.6) is 11.5 Å². The Hall–Kier alpha value is -1.09. The van der Waals surface area contributed by atoms with Gasteiger partial charge in [0.25, 0.3) is 0 Å². The van der Waals surface area contributed by atoms with Crippen LogP contribution >= 0.6 is 0 Å². The number of likely N-dealkylation sites (N-methyl/N-ethyl adjacent to an activating group) is 1. The van der Waals surface area contributed by atoms with Crippen LogP contribution in [0.3, 0.4) is 0 Å². The van der Waals surface area contributed by atoms with E-state index < -0.39 is 23.6 Å². The summed E-state index contributed by atoms with van der Waals surface area (Å²) in [4.78, 5) is 1.75. The molecule has 0 saturated carbocycles. The maximum absolute atomic E-state index is 8.16. The SMILES string of the molecule is [2H]C([2H])([2H])N1CC[C@]23c4c5ccc(O[Si](C)(C)C)c4O[C@H]2[C@@H](O[Si](C)(C)C)C=C[C@H]3C1C5. The summed E-state index contributed by atoms with van der Waals surface area (Å²) in [6, 6.07) is 4.13. The summed E-state index contributed by atoms with van der Waals surface area (Å²) in [5.41, 5.74) is 2.22. The zero-order valence-corrected chi connectivity index (χ0v) is 20.4. The average Bonchev–Trinajstić information content (AvgIpc) is 2.96. The maximum atomic E-state index is 8.16. The standard InChI is InChI=1S/C23H35NO3Si2/c1-24-13-12-23-16-9-11-19(27-29(5,6)7)22(23)25-21-18(26-28(2,3)4)10-8-15(20(21)23)14-17(16)24/h8-11,16-17,19,22H,12-14H2,1-7H3/t16-,17?,19-,22-,23-/m0/s1/i1D3. The highest BCUT2D eigenvalue weighted by Crippen LogP contribution is 2.63. The van der Waals surface area contributed by atoms with Gasteiger partial charge < -0.3 is 18.5 Å². The Bertz CT molecular complexity index is 969. The highest BCUT2D eigenvalue weighted by molar-refractivity contribution is 6.70. The second-order valence-electron chi connectivity index (χ2n) is 11.0. The van der Waals surface area contributed by atoms with Gasteiger partial charge in [-0.15, -0.1) is 0 Å². The first-order valence-corrected chi connectivity index (χ1v) is 17.7. The molecule has 2 aliphatic heterocycles. The van der Waals surface area contributed by atoms with Gasteiger partial charge in [-0.2, -0.15) is 0 Å². The van der Waals surface area contributed by atoms with Gasteiger partial charge in [-0.25, -0.2) is 0 Å². The van der Waals surface area contributed by atoms with Crippen molar-refractivity contribution in [3.8, 4) is 11.5 Å². The van der Waals surface area contributed by atoms with E-state index in [2.05, 4.69) is 57.5 Å². The van der Waals surface area contributed by atoms with E-state index in [4.69, 9.17) is 17.7 Å². The molecule has 2 aliphatic carbocycles. The number of nitrogens with zero attached hydrogens (tertiary/aromatic N) is 1. The molecule has 1 aromatic carbocycles. The normalized spacial score (nSPS) is 37.2. The van der Waals surface area contributed by atoms with Gasteiger partial charge in [0.1, 0.15) is 18.0 Å². The molecular weight excluding hydrogens is 394 g/mol. The van der Waals surface area contributed by atoms with Gasteiger partial charge in [0.15, 0.2) is 14.1 Å². The van der Waals surface area contributed by atoms with Crippen molar-refractivity contribution in [2.24, 2.45) is 5.92 Å². The Labute approximate surface area is 181 Å². The molecule has 1 unspecified atom stereocenters. The van der Waals surface area contributed by atoms with Crippen LogP contribution < -0.4 is 9.16 Å². The highest BCUT2D eigenvalue weighted by atomic mass is 28.4. The summed E-state index contributed by atoms with van der Waals surface area (Å²) < 4.78 is 44.4. The third-order valence-corrected chi connectivity index (χ3v) is 8.55. The van der Waals surface area contributed by atoms with Gasteiger partial charge in [-0.3, -0.25) is 0 Å². The van der Waals surface area contributed by atoms with Crippen molar-refractivity contribution in [2.75, 3.05) is 13.5 Å². The first kappa shape index (κ1) is 16.6. The minimum absolute atomic E-state index is 0.0614. The van der Waals surface area contributed by atoms with Gasteiger partial charge in [0.05, 0.1) is 0 Å². The molecule has 6 heteroatoms. The quantitative estimate of drug-likeness (QED) is 0.515. The number of rotatable bonds is 4. The lowest BCUT2D eigenvalue weighted by Gasteiger charge is -2.57. The van der Waals surface area contributed by atoms with E-state index in [1.165, 1.54) is 11.1 Å². The summed E-state index contributed by atoms with van der Waals surface area (Å²) in [5.74, 6) is 1.82. The van der Waals surface area contributed by atoms with E-state index in [9.17, 15) is 0 Å². The third kappa shape index (κ3) is 2.98. The van der Waals surface area contributed by atoms with Gasteiger partial charge in [-0.05, 0) is 77.3 Å². The molecule has 1 aromatic rings. The van der Waals surface area contributed by atoms with Crippen molar-refractivity contribution in [1.82, 2.24) is 4.90 Å². The Morgan fingerprint density at radius 1 is 1.14 bits per heavy atom. The van der Waals surface area contributed by atoms with E-state index in [0.717, 1.165) is 24.3 Å². The summed E-state index contributed by atoms with van der Waals surface area (Å²) >= 11 is 0. The molecule has 0 radical (unpaired) electrons. The molecule has 5 atom stereocenters. The van der Waals surface area contributed by atoms with Crippen molar-refractivity contribution in [2.45, 2.75) is 75.8 Å². The highest BCUT2D eigenvalue weighted by Gasteiger charge is 2.64. The lowest BCUT2D eigenvalue weighted by molar-refractivity contribution is -0.0401. The van der Waals surface area contributed by atoms with Gasteiger partial charge in [0.2, 0.25) is 8.32 Å². The second-order valence-corrected chi connectivity index (χ2v) is 19.9. The third-order valence-electron chi connectivity index (χ3n) is 6.74. The molecule has 0 aromatic heterocycles. The first-order valence-electron chi connectivity index (χ1n) is 12.4. The number of likely N-dealkylation sites (tertiary alicyclic amines) is 1. The van der Waals surface area contributed by atoms with Crippen LogP contribution in [0, 0.1) is 5.92 Å². The van der Waals surface area contributed by atoms with Crippen molar-refractivity contribution in [3.63, 3.8) is 0 Å². The Kier molecular flexibility index (Phi) is 3.56. The number of hydrogen-bond donors (Lipinski definition) is 0. The predicted molar refractivity (Wildman–Crippen MR) is 122 cm³/mol. The molecule has 2 bridgehead atoms. The van der Waals surface area contributed by atoms with Gasteiger partial charge in [-0.1, -0.05) is 18.2 Å². The Morgan fingerprint density at radius 2 is 1.93 bits per heavy atom. The molecule has 1 fully saturated rings. The number of ether oxygens (including phenoxy) is 1. The summed E-state index contributed by atoms with van der Waals surface area (Å²) in [7, 11) is -3.66.